The molecule has 0 saturated heterocycles. The van der Waals surface area contributed by atoms with Crippen molar-refractivity contribution < 1.29 is 25.8 Å². The number of aryl methyl sites for hydroxylation is 1. The monoisotopic (exact) mass is 888 g/mol. The van der Waals surface area contributed by atoms with Crippen molar-refractivity contribution in [3.05, 3.63) is 124 Å². The fraction of sp³-hybridized carbons (Fsp3) is 0.413. The molecule has 0 saturated carbocycles. The summed E-state index contributed by atoms with van der Waals surface area (Å²) in [6, 6.07) is 26.4. The van der Waals surface area contributed by atoms with Crippen LogP contribution >= 0.6 is 0 Å². The Morgan fingerprint density at radius 1 is 0.755 bits per heavy atom. The maximum atomic E-state index is 6.88. The van der Waals surface area contributed by atoms with E-state index in [1.165, 1.54) is 11.3 Å². The summed E-state index contributed by atoms with van der Waals surface area (Å²) in [5.74, 6) is 1.71. The molecule has 0 bridgehead atoms. The molecule has 4 aromatic heterocycles. The molecule has 0 radical (unpaired) electrons. The summed E-state index contributed by atoms with van der Waals surface area (Å²) in [4.78, 5) is 10.2. The van der Waals surface area contributed by atoms with E-state index in [0.717, 1.165) is 56.4 Å². The van der Waals surface area contributed by atoms with Crippen molar-refractivity contribution >= 4 is 5.65 Å². The maximum Gasteiger partial charge on any atom is 2.00 e. The quantitative estimate of drug-likeness (QED) is 0.143. The van der Waals surface area contributed by atoms with Crippen LogP contribution in [-0.2, 0) is 37.3 Å². The van der Waals surface area contributed by atoms with Crippen LogP contribution in [0.25, 0.3) is 22.5 Å². The number of hydrogen-bond acceptors (Lipinski definition) is 4. The molecule has 6 rings (SSSR count). The molecule has 7 heteroatoms. The summed E-state index contributed by atoms with van der Waals surface area (Å²) in [6.45, 7) is 30.9. The van der Waals surface area contributed by atoms with E-state index in [2.05, 4.69) is 168 Å². The number of ether oxygens (including phenoxy) is 1. The Labute approximate surface area is 331 Å². The van der Waals surface area contributed by atoms with Gasteiger partial charge in [-0.05, 0) is 65.5 Å². The summed E-state index contributed by atoms with van der Waals surface area (Å²) in [7, 11) is 0. The van der Waals surface area contributed by atoms with E-state index in [1.807, 2.05) is 16.9 Å². The molecule has 2 aromatic carbocycles. The number of rotatable bonds is 8. The van der Waals surface area contributed by atoms with E-state index in [-0.39, 0.29) is 43.7 Å². The maximum absolute atomic E-state index is 6.88. The van der Waals surface area contributed by atoms with Gasteiger partial charge in [0.05, 0.1) is 5.69 Å². The Kier molecular flexibility index (Phi) is 11.1. The van der Waals surface area contributed by atoms with Crippen LogP contribution in [0.3, 0.4) is 0 Å². The van der Waals surface area contributed by atoms with Crippen LogP contribution in [-0.4, -0.2) is 24.1 Å². The SMILES string of the molecule is Cc1nn(-c2[c-]c(Oc3[c-]c(C(C)(C)c4cc(C(C)(C)C)ccn4)c4nc(C(C)C)c(C(C)C)n4c3)cc(C(C)(C)C)c2)c(C)c1-c1ccccc1.[Pt+2]. The molecule has 0 aliphatic carbocycles. The van der Waals surface area contributed by atoms with Crippen LogP contribution in [0.15, 0.2) is 67.0 Å². The fourth-order valence-electron chi connectivity index (χ4n) is 7.10. The van der Waals surface area contributed by atoms with Crippen molar-refractivity contribution in [1.82, 2.24) is 24.1 Å². The van der Waals surface area contributed by atoms with Crippen LogP contribution < -0.4 is 4.74 Å². The Balaban J connectivity index is 0.00000541. The predicted molar refractivity (Wildman–Crippen MR) is 213 cm³/mol. The van der Waals surface area contributed by atoms with Crippen molar-refractivity contribution in [1.29, 1.82) is 0 Å². The molecule has 0 spiro atoms. The van der Waals surface area contributed by atoms with E-state index in [1.54, 1.807) is 0 Å². The zero-order chi connectivity index (χ0) is 37.9. The molecule has 0 atom stereocenters. The summed E-state index contributed by atoms with van der Waals surface area (Å²) >= 11 is 0. The van der Waals surface area contributed by atoms with Crippen molar-refractivity contribution in [2.75, 3.05) is 0 Å². The average Bonchev–Trinajstić information content (AvgIpc) is 3.61. The average molecular weight is 889 g/mol. The van der Waals surface area contributed by atoms with Gasteiger partial charge in [0.2, 0.25) is 0 Å². The standard InChI is InChI=1S/C46H55N5O.Pt/c1-28(2)41-42(29(3)4)50-27-37(26-38(43(50)48-41)46(13,14)39-24-33(20-21-47-39)44(7,8)9)52-36-23-34(45(10,11)12)22-35(25-36)51-31(6)40(30(5)49-51)32-18-16-15-17-19-32;/h15-24,27-29H,1-14H3;/q-2;+2. The van der Waals surface area contributed by atoms with E-state index < -0.39 is 5.41 Å². The third-order valence-electron chi connectivity index (χ3n) is 10.2. The number of fused-ring (bicyclic) bond motifs is 1. The van der Waals surface area contributed by atoms with E-state index in [0.29, 0.717) is 11.5 Å². The van der Waals surface area contributed by atoms with Crippen LogP contribution in [0.5, 0.6) is 11.5 Å². The second-order valence-corrected chi connectivity index (χ2v) is 17.5. The number of hydrogen-bond donors (Lipinski definition) is 0. The van der Waals surface area contributed by atoms with Crippen LogP contribution in [0, 0.1) is 26.0 Å². The van der Waals surface area contributed by atoms with Crippen LogP contribution in [0.4, 0.5) is 0 Å². The molecule has 4 heterocycles. The third kappa shape index (κ3) is 7.81. The number of imidazole rings is 1. The second kappa shape index (κ2) is 14.7. The normalized spacial score (nSPS) is 12.5. The Morgan fingerprint density at radius 3 is 2.02 bits per heavy atom. The molecule has 0 aliphatic heterocycles. The Hall–Kier alpha value is -4.02. The molecule has 280 valence electrons. The molecular weight excluding hydrogens is 834 g/mol. The topological polar surface area (TPSA) is 57.2 Å². The molecule has 0 N–H and O–H groups in total. The van der Waals surface area contributed by atoms with Crippen LogP contribution in [0.1, 0.15) is 140 Å². The molecule has 6 nitrogen and oxygen atoms in total. The minimum Gasteiger partial charge on any atom is -0.508 e. The van der Waals surface area contributed by atoms with Gasteiger partial charge in [0.25, 0.3) is 0 Å². The first-order valence-corrected chi connectivity index (χ1v) is 18.6. The van der Waals surface area contributed by atoms with Crippen molar-refractivity contribution in [2.45, 2.75) is 125 Å². The number of aromatic nitrogens is 5. The number of pyridine rings is 2. The minimum absolute atomic E-state index is 0. The molecule has 0 amide bonds. The van der Waals surface area contributed by atoms with Gasteiger partial charge in [0.15, 0.2) is 0 Å². The Morgan fingerprint density at radius 2 is 1.42 bits per heavy atom. The van der Waals surface area contributed by atoms with Crippen LogP contribution in [0.2, 0.25) is 0 Å². The molecule has 0 aliphatic rings. The van der Waals surface area contributed by atoms with Gasteiger partial charge >= 0.3 is 21.1 Å². The summed E-state index contributed by atoms with van der Waals surface area (Å²) < 4.78 is 11.1. The number of benzene rings is 2. The molecule has 53 heavy (non-hydrogen) atoms. The summed E-state index contributed by atoms with van der Waals surface area (Å²) in [6.07, 6.45) is 3.98. The van der Waals surface area contributed by atoms with Gasteiger partial charge in [-0.25, -0.2) is 0 Å². The van der Waals surface area contributed by atoms with Gasteiger partial charge in [0.1, 0.15) is 0 Å². The summed E-state index contributed by atoms with van der Waals surface area (Å²) in [5.41, 5.74) is 11.9. The van der Waals surface area contributed by atoms with Gasteiger partial charge in [0, 0.05) is 57.1 Å². The van der Waals surface area contributed by atoms with E-state index in [4.69, 9.17) is 19.8 Å². The van der Waals surface area contributed by atoms with Gasteiger partial charge in [-0.15, -0.1) is 35.4 Å². The van der Waals surface area contributed by atoms with E-state index in [9.17, 15) is 0 Å². The first-order valence-electron chi connectivity index (χ1n) is 18.6. The largest absolute Gasteiger partial charge is 2.00 e. The van der Waals surface area contributed by atoms with Gasteiger partial charge in [-0.1, -0.05) is 120 Å². The number of nitrogens with zero attached hydrogens (tertiary/aromatic N) is 5. The minimum atomic E-state index is -0.532. The fourth-order valence-corrected chi connectivity index (χ4v) is 7.10. The zero-order valence-corrected chi connectivity index (χ0v) is 36.2. The molecular formula is C46H55N5OPt. The van der Waals surface area contributed by atoms with Gasteiger partial charge in [-0.3, -0.25) is 14.6 Å². The zero-order valence-electron chi connectivity index (χ0n) is 34.0. The smallest absolute Gasteiger partial charge is 0.508 e. The van der Waals surface area contributed by atoms with Crippen molar-refractivity contribution in [2.24, 2.45) is 0 Å². The van der Waals surface area contributed by atoms with Gasteiger partial charge < -0.3 is 9.14 Å². The third-order valence-corrected chi connectivity index (χ3v) is 10.2. The first-order chi connectivity index (χ1) is 24.3. The van der Waals surface area contributed by atoms with Crippen molar-refractivity contribution in [3.8, 4) is 28.3 Å². The second-order valence-electron chi connectivity index (χ2n) is 17.5. The van der Waals surface area contributed by atoms with Gasteiger partial charge in [-0.2, -0.15) is 5.10 Å². The Bertz CT molecular complexity index is 2240. The predicted octanol–water partition coefficient (Wildman–Crippen LogP) is 11.8. The van der Waals surface area contributed by atoms with E-state index >= 15 is 0 Å². The molecule has 0 unspecified atom stereocenters. The molecule has 0 fully saturated rings. The van der Waals surface area contributed by atoms with Crippen molar-refractivity contribution in [3.63, 3.8) is 0 Å². The first kappa shape index (κ1) is 40.2. The molecule has 6 aromatic rings. The summed E-state index contributed by atoms with van der Waals surface area (Å²) in [5, 5.41) is 5.03.